The summed E-state index contributed by atoms with van der Waals surface area (Å²) in [6.07, 6.45) is 3.03. The number of hydrogen-bond donors (Lipinski definition) is 2. The molecule has 2 heterocycles. The molecule has 1 saturated heterocycles. The lowest BCUT2D eigenvalue weighted by molar-refractivity contribution is -0.132. The first kappa shape index (κ1) is 12.7. The number of aromatic nitrogens is 1. The molecule has 20 heavy (non-hydrogen) atoms. The summed E-state index contributed by atoms with van der Waals surface area (Å²) in [4.78, 5) is 28.6. The Morgan fingerprint density at radius 2 is 2.25 bits per heavy atom. The summed E-state index contributed by atoms with van der Waals surface area (Å²) in [5.41, 5.74) is 1.50. The zero-order valence-electron chi connectivity index (χ0n) is 11.3. The van der Waals surface area contributed by atoms with Crippen LogP contribution in [0, 0.1) is 0 Å². The highest BCUT2D eigenvalue weighted by atomic mass is 16.2. The van der Waals surface area contributed by atoms with Gasteiger partial charge in [-0.3, -0.25) is 9.59 Å². The van der Waals surface area contributed by atoms with Crippen LogP contribution in [0.5, 0.6) is 0 Å². The summed E-state index contributed by atoms with van der Waals surface area (Å²) < 4.78 is 0. The lowest BCUT2D eigenvalue weighted by Gasteiger charge is -2.30. The maximum Gasteiger partial charge on any atom is 0.253 e. The van der Waals surface area contributed by atoms with Crippen molar-refractivity contribution in [1.29, 1.82) is 0 Å². The SMILES string of the molecule is CN1CC(NC(=O)c2cccc3cc[nH]c23)CCC1=O. The molecule has 2 N–H and O–H groups in total. The Morgan fingerprint density at radius 3 is 3.05 bits per heavy atom. The summed E-state index contributed by atoms with van der Waals surface area (Å²) >= 11 is 0. The van der Waals surface area contributed by atoms with Gasteiger partial charge in [-0.1, -0.05) is 12.1 Å². The molecule has 1 atom stereocenters. The molecule has 3 rings (SSSR count). The first-order valence-corrected chi connectivity index (χ1v) is 6.76. The van der Waals surface area contributed by atoms with Crippen molar-refractivity contribution in [2.75, 3.05) is 13.6 Å². The van der Waals surface area contributed by atoms with Gasteiger partial charge in [0.15, 0.2) is 0 Å². The van der Waals surface area contributed by atoms with Gasteiger partial charge in [-0.2, -0.15) is 0 Å². The second kappa shape index (κ2) is 5.00. The van der Waals surface area contributed by atoms with Crippen molar-refractivity contribution in [3.8, 4) is 0 Å². The van der Waals surface area contributed by atoms with Gasteiger partial charge in [-0.15, -0.1) is 0 Å². The van der Waals surface area contributed by atoms with E-state index >= 15 is 0 Å². The molecule has 0 bridgehead atoms. The molecule has 1 aliphatic rings. The van der Waals surface area contributed by atoms with E-state index < -0.39 is 0 Å². The van der Waals surface area contributed by atoms with Gasteiger partial charge < -0.3 is 15.2 Å². The third kappa shape index (κ3) is 2.27. The van der Waals surface area contributed by atoms with Crippen LogP contribution in [-0.4, -0.2) is 41.3 Å². The molecule has 1 unspecified atom stereocenters. The minimum absolute atomic E-state index is 0.0235. The molecule has 5 heteroatoms. The molecular weight excluding hydrogens is 254 g/mol. The van der Waals surface area contributed by atoms with E-state index in [0.717, 1.165) is 10.9 Å². The number of benzene rings is 1. The minimum Gasteiger partial charge on any atom is -0.361 e. The van der Waals surface area contributed by atoms with Crippen LogP contribution in [0.1, 0.15) is 23.2 Å². The molecule has 1 fully saturated rings. The van der Waals surface area contributed by atoms with E-state index in [2.05, 4.69) is 10.3 Å². The Hall–Kier alpha value is -2.30. The number of nitrogens with zero attached hydrogens (tertiary/aromatic N) is 1. The fourth-order valence-corrected chi connectivity index (χ4v) is 2.67. The van der Waals surface area contributed by atoms with Crippen molar-refractivity contribution in [2.24, 2.45) is 0 Å². The number of amides is 2. The monoisotopic (exact) mass is 271 g/mol. The van der Waals surface area contributed by atoms with Gasteiger partial charge in [0.25, 0.3) is 5.91 Å². The predicted molar refractivity (Wildman–Crippen MR) is 76.4 cm³/mol. The Kier molecular flexibility index (Phi) is 3.18. The van der Waals surface area contributed by atoms with E-state index in [1.165, 1.54) is 0 Å². The van der Waals surface area contributed by atoms with Crippen LogP contribution in [0.4, 0.5) is 0 Å². The van der Waals surface area contributed by atoms with Crippen molar-refractivity contribution in [3.63, 3.8) is 0 Å². The van der Waals surface area contributed by atoms with Gasteiger partial charge in [0.2, 0.25) is 5.91 Å². The molecular formula is C15H17N3O2. The number of H-pyrrole nitrogens is 1. The average Bonchev–Trinajstić information content (AvgIpc) is 2.91. The molecule has 1 aliphatic heterocycles. The number of aromatic amines is 1. The van der Waals surface area contributed by atoms with Crippen molar-refractivity contribution in [3.05, 3.63) is 36.0 Å². The number of fused-ring (bicyclic) bond motifs is 1. The number of carbonyl (C=O) groups excluding carboxylic acids is 2. The number of hydrogen-bond acceptors (Lipinski definition) is 2. The third-order valence-corrected chi connectivity index (χ3v) is 3.79. The smallest absolute Gasteiger partial charge is 0.253 e. The summed E-state index contributed by atoms with van der Waals surface area (Å²) in [7, 11) is 1.77. The number of rotatable bonds is 2. The van der Waals surface area contributed by atoms with Crippen molar-refractivity contribution < 1.29 is 9.59 Å². The molecule has 1 aromatic heterocycles. The van der Waals surface area contributed by atoms with E-state index in [0.29, 0.717) is 24.9 Å². The second-order valence-corrected chi connectivity index (χ2v) is 5.23. The average molecular weight is 271 g/mol. The van der Waals surface area contributed by atoms with Crippen molar-refractivity contribution in [1.82, 2.24) is 15.2 Å². The zero-order chi connectivity index (χ0) is 14.1. The molecule has 0 radical (unpaired) electrons. The van der Waals surface area contributed by atoms with E-state index in [4.69, 9.17) is 0 Å². The fourth-order valence-electron chi connectivity index (χ4n) is 2.67. The van der Waals surface area contributed by atoms with Crippen LogP contribution in [0.2, 0.25) is 0 Å². The normalized spacial score (nSPS) is 19.4. The zero-order valence-corrected chi connectivity index (χ0v) is 11.3. The van der Waals surface area contributed by atoms with Gasteiger partial charge in [0.05, 0.1) is 11.1 Å². The van der Waals surface area contributed by atoms with Crippen LogP contribution < -0.4 is 5.32 Å². The van der Waals surface area contributed by atoms with Crippen LogP contribution in [0.3, 0.4) is 0 Å². The second-order valence-electron chi connectivity index (χ2n) is 5.23. The Bertz CT molecular complexity index is 662. The first-order valence-electron chi connectivity index (χ1n) is 6.76. The third-order valence-electron chi connectivity index (χ3n) is 3.79. The lowest BCUT2D eigenvalue weighted by Crippen LogP contribution is -2.48. The number of carbonyl (C=O) groups is 2. The van der Waals surface area contributed by atoms with Gasteiger partial charge in [0.1, 0.15) is 0 Å². The number of para-hydroxylation sites is 1. The quantitative estimate of drug-likeness (QED) is 0.869. The van der Waals surface area contributed by atoms with Crippen molar-refractivity contribution >= 4 is 22.7 Å². The van der Waals surface area contributed by atoms with Gasteiger partial charge in [0, 0.05) is 37.6 Å². The van der Waals surface area contributed by atoms with Crippen molar-refractivity contribution in [2.45, 2.75) is 18.9 Å². The molecule has 2 amide bonds. The van der Waals surface area contributed by atoms with Crippen LogP contribution in [-0.2, 0) is 4.79 Å². The van der Waals surface area contributed by atoms with E-state index in [1.54, 1.807) is 11.9 Å². The Labute approximate surface area is 117 Å². The molecule has 0 spiro atoms. The van der Waals surface area contributed by atoms with Gasteiger partial charge in [-0.25, -0.2) is 0 Å². The minimum atomic E-state index is -0.0919. The fraction of sp³-hybridized carbons (Fsp3) is 0.333. The molecule has 104 valence electrons. The van der Waals surface area contributed by atoms with E-state index in [-0.39, 0.29) is 17.9 Å². The lowest BCUT2D eigenvalue weighted by atomic mass is 10.0. The van der Waals surface area contributed by atoms with Crippen LogP contribution in [0.15, 0.2) is 30.5 Å². The standard InChI is InChI=1S/C15H17N3O2/c1-18-9-11(5-6-13(18)19)17-15(20)12-4-2-3-10-7-8-16-14(10)12/h2-4,7-8,11,16H,5-6,9H2,1H3,(H,17,20). The number of likely N-dealkylation sites (N-methyl/N-ethyl adjacent to an activating group) is 1. The first-order chi connectivity index (χ1) is 9.65. The highest BCUT2D eigenvalue weighted by Crippen LogP contribution is 2.17. The highest BCUT2D eigenvalue weighted by Gasteiger charge is 2.24. The maximum atomic E-state index is 12.4. The predicted octanol–water partition coefficient (Wildman–Crippen LogP) is 1.52. The number of piperidine rings is 1. The number of nitrogens with one attached hydrogen (secondary N) is 2. The highest BCUT2D eigenvalue weighted by molar-refractivity contribution is 6.05. The maximum absolute atomic E-state index is 12.4. The summed E-state index contributed by atoms with van der Waals surface area (Å²) in [5, 5.41) is 4.04. The van der Waals surface area contributed by atoms with Crippen LogP contribution in [0.25, 0.3) is 10.9 Å². The molecule has 5 nitrogen and oxygen atoms in total. The van der Waals surface area contributed by atoms with Gasteiger partial charge >= 0.3 is 0 Å². The molecule has 0 saturated carbocycles. The van der Waals surface area contributed by atoms with Crippen LogP contribution >= 0.6 is 0 Å². The molecule has 0 aliphatic carbocycles. The summed E-state index contributed by atoms with van der Waals surface area (Å²) in [6.45, 7) is 0.575. The van der Waals surface area contributed by atoms with E-state index in [9.17, 15) is 9.59 Å². The van der Waals surface area contributed by atoms with E-state index in [1.807, 2.05) is 30.5 Å². The summed E-state index contributed by atoms with van der Waals surface area (Å²) in [5.74, 6) is 0.0489. The largest absolute Gasteiger partial charge is 0.361 e. The Morgan fingerprint density at radius 1 is 1.40 bits per heavy atom. The number of likely N-dealkylation sites (tertiary alicyclic amines) is 1. The molecule has 2 aromatic rings. The topological polar surface area (TPSA) is 65.2 Å². The summed E-state index contributed by atoms with van der Waals surface area (Å²) in [6, 6.07) is 7.62. The Balaban J connectivity index is 1.76. The van der Waals surface area contributed by atoms with Gasteiger partial charge in [-0.05, 0) is 18.6 Å². The molecule has 1 aromatic carbocycles.